The van der Waals surface area contributed by atoms with Crippen molar-refractivity contribution in [1.29, 1.82) is 0 Å². The molecule has 146 valence electrons. The number of para-hydroxylation sites is 1. The first kappa shape index (κ1) is 19.5. The van der Waals surface area contributed by atoms with Gasteiger partial charge in [0, 0.05) is 23.5 Å². The number of nitrogens with one attached hydrogen (secondary N) is 2. The summed E-state index contributed by atoms with van der Waals surface area (Å²) in [6.07, 6.45) is 1.88. The van der Waals surface area contributed by atoms with Crippen molar-refractivity contribution in [1.82, 2.24) is 10.3 Å². The van der Waals surface area contributed by atoms with Crippen LogP contribution in [0.15, 0.2) is 54.7 Å². The third kappa shape index (κ3) is 4.71. The summed E-state index contributed by atoms with van der Waals surface area (Å²) in [5.74, 6) is -0.881. The number of amides is 1. The normalized spacial score (nSPS) is 12.1. The Morgan fingerprint density at radius 2 is 1.82 bits per heavy atom. The number of carbonyl (C=O) groups excluding carboxylic acids is 2. The lowest BCUT2D eigenvalue weighted by atomic mass is 10.0. The monoisotopic (exact) mass is 379 g/mol. The van der Waals surface area contributed by atoms with Crippen LogP contribution in [0.3, 0.4) is 0 Å². The van der Waals surface area contributed by atoms with Gasteiger partial charge in [0.2, 0.25) is 0 Å². The lowest BCUT2D eigenvalue weighted by molar-refractivity contribution is -0.308. The van der Waals surface area contributed by atoms with E-state index in [0.717, 1.165) is 16.5 Å². The van der Waals surface area contributed by atoms with Gasteiger partial charge in [-0.2, -0.15) is 0 Å². The van der Waals surface area contributed by atoms with Crippen LogP contribution in [0, 0.1) is 0 Å². The number of H-pyrrole nitrogens is 1. The summed E-state index contributed by atoms with van der Waals surface area (Å²) < 4.78 is 5.46. The zero-order chi connectivity index (χ0) is 20.1. The molecule has 6 heteroatoms. The van der Waals surface area contributed by atoms with E-state index in [9.17, 15) is 14.7 Å². The van der Waals surface area contributed by atoms with Crippen molar-refractivity contribution in [2.45, 2.75) is 32.2 Å². The Balaban J connectivity index is 1.59. The maximum atomic E-state index is 12.2. The first-order chi connectivity index (χ1) is 13.4. The van der Waals surface area contributed by atoms with E-state index in [4.69, 9.17) is 4.74 Å². The van der Waals surface area contributed by atoms with Gasteiger partial charge >= 0.3 is 0 Å². The molecule has 1 heterocycles. The SMILES string of the molecule is CC(C)c1ccc(OCC(=O)N[C@@H](Cc2c[nH]c3ccccc23)C(=O)[O-])cc1. The summed E-state index contributed by atoms with van der Waals surface area (Å²) in [6.45, 7) is 3.92. The number of hydrogen-bond acceptors (Lipinski definition) is 4. The van der Waals surface area contributed by atoms with Crippen LogP contribution >= 0.6 is 0 Å². The van der Waals surface area contributed by atoms with Crippen LogP contribution in [-0.2, 0) is 16.0 Å². The van der Waals surface area contributed by atoms with Crippen molar-refractivity contribution in [2.75, 3.05) is 6.61 Å². The molecule has 0 saturated carbocycles. The number of hydrogen-bond donors (Lipinski definition) is 2. The van der Waals surface area contributed by atoms with Gasteiger partial charge in [0.05, 0.1) is 12.0 Å². The van der Waals surface area contributed by atoms with Crippen molar-refractivity contribution < 1.29 is 19.4 Å². The fraction of sp³-hybridized carbons (Fsp3) is 0.273. The molecule has 0 unspecified atom stereocenters. The number of carboxylic acids is 1. The topological polar surface area (TPSA) is 94.2 Å². The van der Waals surface area contributed by atoms with E-state index < -0.39 is 17.9 Å². The predicted molar refractivity (Wildman–Crippen MR) is 105 cm³/mol. The molecule has 0 saturated heterocycles. The van der Waals surface area contributed by atoms with Gasteiger partial charge in [0.15, 0.2) is 6.61 Å². The summed E-state index contributed by atoms with van der Waals surface area (Å²) in [6, 6.07) is 13.9. The molecule has 6 nitrogen and oxygen atoms in total. The largest absolute Gasteiger partial charge is 0.548 e. The highest BCUT2D eigenvalue weighted by atomic mass is 16.5. The molecule has 28 heavy (non-hydrogen) atoms. The maximum Gasteiger partial charge on any atom is 0.258 e. The van der Waals surface area contributed by atoms with E-state index >= 15 is 0 Å². The number of aromatic amines is 1. The zero-order valence-corrected chi connectivity index (χ0v) is 15.9. The highest BCUT2D eigenvalue weighted by Gasteiger charge is 2.17. The van der Waals surface area contributed by atoms with Gasteiger partial charge in [-0.05, 0) is 35.2 Å². The number of fused-ring (bicyclic) bond motifs is 1. The Morgan fingerprint density at radius 1 is 1.11 bits per heavy atom. The second-order valence-electron chi connectivity index (χ2n) is 7.02. The van der Waals surface area contributed by atoms with E-state index in [1.807, 2.05) is 36.4 Å². The van der Waals surface area contributed by atoms with Crippen molar-refractivity contribution in [3.63, 3.8) is 0 Å². The van der Waals surface area contributed by atoms with Crippen LogP contribution in [0.25, 0.3) is 10.9 Å². The molecule has 1 amide bonds. The minimum atomic E-state index is -1.33. The van der Waals surface area contributed by atoms with Gasteiger partial charge in [0.25, 0.3) is 5.91 Å². The fourth-order valence-corrected chi connectivity index (χ4v) is 3.05. The zero-order valence-electron chi connectivity index (χ0n) is 15.9. The first-order valence-corrected chi connectivity index (χ1v) is 9.22. The van der Waals surface area contributed by atoms with E-state index in [1.165, 1.54) is 5.56 Å². The Labute approximate surface area is 163 Å². The lowest BCUT2D eigenvalue weighted by Crippen LogP contribution is -2.50. The lowest BCUT2D eigenvalue weighted by Gasteiger charge is -2.19. The molecule has 0 spiro atoms. The van der Waals surface area contributed by atoms with Crippen molar-refractivity contribution in [2.24, 2.45) is 0 Å². The Kier molecular flexibility index (Phi) is 5.99. The molecule has 2 N–H and O–H groups in total. The number of rotatable bonds is 8. The van der Waals surface area contributed by atoms with Gasteiger partial charge < -0.3 is 24.9 Å². The molecule has 0 bridgehead atoms. The molecule has 0 aliphatic heterocycles. The molecule has 0 radical (unpaired) electrons. The van der Waals surface area contributed by atoms with Gasteiger partial charge in [-0.1, -0.05) is 44.2 Å². The number of aromatic nitrogens is 1. The Bertz CT molecular complexity index is 960. The molecule has 1 aromatic heterocycles. The number of carbonyl (C=O) groups is 2. The maximum absolute atomic E-state index is 12.2. The number of carboxylic acid groups (broad SMARTS) is 1. The molecule has 0 aliphatic rings. The average molecular weight is 379 g/mol. The second-order valence-corrected chi connectivity index (χ2v) is 7.02. The summed E-state index contributed by atoms with van der Waals surface area (Å²) in [5.41, 5.74) is 2.89. The van der Waals surface area contributed by atoms with Crippen LogP contribution in [0.1, 0.15) is 30.9 Å². The smallest absolute Gasteiger partial charge is 0.258 e. The van der Waals surface area contributed by atoms with Crippen LogP contribution in [0.4, 0.5) is 0 Å². The molecule has 0 aliphatic carbocycles. The van der Waals surface area contributed by atoms with E-state index in [2.05, 4.69) is 24.1 Å². The molecular weight excluding hydrogens is 356 g/mol. The molecule has 2 aromatic carbocycles. The van der Waals surface area contributed by atoms with Crippen molar-refractivity contribution in [3.8, 4) is 5.75 Å². The second kappa shape index (κ2) is 8.61. The standard InChI is InChI=1S/C22H24N2O4/c1-14(2)15-7-9-17(10-8-15)28-13-21(25)24-20(22(26)27)11-16-12-23-19-6-4-3-5-18(16)19/h3-10,12,14,20,23H,11,13H2,1-2H3,(H,24,25)(H,26,27)/p-1/t20-/m0/s1. The van der Waals surface area contributed by atoms with Crippen LogP contribution in [0.2, 0.25) is 0 Å². The summed E-state index contributed by atoms with van der Waals surface area (Å²) in [7, 11) is 0. The van der Waals surface area contributed by atoms with E-state index in [-0.39, 0.29) is 13.0 Å². The number of ether oxygens (including phenoxy) is 1. The van der Waals surface area contributed by atoms with Gasteiger partial charge in [-0.15, -0.1) is 0 Å². The predicted octanol–water partition coefficient (Wildman–Crippen LogP) is 2.15. The van der Waals surface area contributed by atoms with E-state index in [0.29, 0.717) is 11.7 Å². The number of aliphatic carboxylic acids is 1. The van der Waals surface area contributed by atoms with Gasteiger partial charge in [0.1, 0.15) is 5.75 Å². The first-order valence-electron chi connectivity index (χ1n) is 9.22. The molecule has 1 atom stereocenters. The number of benzene rings is 2. The highest BCUT2D eigenvalue weighted by molar-refractivity contribution is 5.86. The Hall–Kier alpha value is -3.28. The van der Waals surface area contributed by atoms with Gasteiger partial charge in [-0.3, -0.25) is 4.79 Å². The summed E-state index contributed by atoms with van der Waals surface area (Å²) in [4.78, 5) is 26.8. The third-order valence-corrected chi connectivity index (χ3v) is 4.64. The Morgan fingerprint density at radius 3 is 2.50 bits per heavy atom. The third-order valence-electron chi connectivity index (χ3n) is 4.64. The van der Waals surface area contributed by atoms with Crippen LogP contribution < -0.4 is 15.2 Å². The van der Waals surface area contributed by atoms with Crippen LogP contribution in [0.5, 0.6) is 5.75 Å². The van der Waals surface area contributed by atoms with E-state index in [1.54, 1.807) is 18.3 Å². The fourth-order valence-electron chi connectivity index (χ4n) is 3.05. The quantitative estimate of drug-likeness (QED) is 0.627. The molecular formula is C22H23N2O4-. The van der Waals surface area contributed by atoms with Crippen LogP contribution in [-0.4, -0.2) is 29.5 Å². The van der Waals surface area contributed by atoms with Crippen molar-refractivity contribution in [3.05, 3.63) is 65.9 Å². The van der Waals surface area contributed by atoms with Crippen molar-refractivity contribution >= 4 is 22.8 Å². The molecule has 3 aromatic rings. The molecule has 3 rings (SSSR count). The highest BCUT2D eigenvalue weighted by Crippen LogP contribution is 2.20. The minimum Gasteiger partial charge on any atom is -0.548 e. The minimum absolute atomic E-state index is 0.126. The summed E-state index contributed by atoms with van der Waals surface area (Å²) >= 11 is 0. The summed E-state index contributed by atoms with van der Waals surface area (Å²) in [5, 5.41) is 14.9. The van der Waals surface area contributed by atoms with Gasteiger partial charge in [-0.25, -0.2) is 0 Å². The average Bonchev–Trinajstić information content (AvgIpc) is 3.09. The molecule has 0 fully saturated rings.